The van der Waals surface area contributed by atoms with Gasteiger partial charge in [-0.3, -0.25) is 0 Å². The third-order valence-corrected chi connectivity index (χ3v) is 5.98. The molecular weight excluding hydrogens is 340 g/mol. The summed E-state index contributed by atoms with van der Waals surface area (Å²) >= 11 is 7.17. The van der Waals surface area contributed by atoms with E-state index in [2.05, 4.69) is 50.9 Å². The average molecular weight is 351 g/mol. The highest BCUT2D eigenvalue weighted by molar-refractivity contribution is 9.10. The molecule has 3 aromatic rings. The standard InChI is InChI=1S/C14H11BrN2S2/c15-8-1-2-10-12(7-8)19-14(17-10)13-9-4-6-18-11(9)3-5-16-13/h1-2,4,6-7,13,16H,3,5H2. The maximum Gasteiger partial charge on any atom is 0.115 e. The molecule has 0 bridgehead atoms. The first-order chi connectivity index (χ1) is 9.31. The molecule has 2 nitrogen and oxygen atoms in total. The predicted molar refractivity (Wildman–Crippen MR) is 85.2 cm³/mol. The Hall–Kier alpha value is -0.750. The molecule has 0 fully saturated rings. The van der Waals surface area contributed by atoms with Gasteiger partial charge >= 0.3 is 0 Å². The van der Waals surface area contributed by atoms with E-state index >= 15 is 0 Å². The van der Waals surface area contributed by atoms with Crippen LogP contribution in [0.1, 0.15) is 21.5 Å². The minimum Gasteiger partial charge on any atom is -0.304 e. The zero-order valence-electron chi connectivity index (χ0n) is 10.0. The molecule has 0 amide bonds. The number of thiazole rings is 1. The van der Waals surface area contributed by atoms with E-state index < -0.39 is 0 Å². The van der Waals surface area contributed by atoms with Crippen molar-refractivity contribution >= 4 is 48.8 Å². The van der Waals surface area contributed by atoms with Gasteiger partial charge < -0.3 is 5.32 Å². The highest BCUT2D eigenvalue weighted by Crippen LogP contribution is 2.36. The zero-order valence-corrected chi connectivity index (χ0v) is 13.2. The van der Waals surface area contributed by atoms with E-state index in [0.717, 1.165) is 23.0 Å². The van der Waals surface area contributed by atoms with Crippen LogP contribution in [0.4, 0.5) is 0 Å². The van der Waals surface area contributed by atoms with Crippen LogP contribution >= 0.6 is 38.6 Å². The van der Waals surface area contributed by atoms with Crippen molar-refractivity contribution in [3.8, 4) is 0 Å². The van der Waals surface area contributed by atoms with Crippen molar-refractivity contribution in [2.75, 3.05) is 6.54 Å². The molecule has 0 radical (unpaired) electrons. The Kier molecular flexibility index (Phi) is 2.95. The Balaban J connectivity index is 1.83. The van der Waals surface area contributed by atoms with Gasteiger partial charge in [-0.15, -0.1) is 22.7 Å². The monoisotopic (exact) mass is 350 g/mol. The fourth-order valence-corrected chi connectivity index (χ4v) is 5.05. The van der Waals surface area contributed by atoms with Crippen molar-refractivity contribution in [3.05, 3.63) is 49.6 Å². The third-order valence-electron chi connectivity index (χ3n) is 3.41. The lowest BCUT2D eigenvalue weighted by molar-refractivity contribution is 0.573. The van der Waals surface area contributed by atoms with E-state index in [4.69, 9.17) is 4.98 Å². The minimum atomic E-state index is 0.270. The van der Waals surface area contributed by atoms with Crippen LogP contribution in [0.15, 0.2) is 34.1 Å². The first kappa shape index (κ1) is 12.0. The molecule has 1 aromatic carbocycles. The lowest BCUT2D eigenvalue weighted by Crippen LogP contribution is -2.29. The SMILES string of the molecule is Brc1ccc2nc(C3NCCc4sccc43)sc2c1. The van der Waals surface area contributed by atoms with Crippen LogP contribution in [0.3, 0.4) is 0 Å². The van der Waals surface area contributed by atoms with Crippen molar-refractivity contribution < 1.29 is 0 Å². The van der Waals surface area contributed by atoms with Gasteiger partial charge in [-0.25, -0.2) is 4.98 Å². The summed E-state index contributed by atoms with van der Waals surface area (Å²) < 4.78 is 2.36. The van der Waals surface area contributed by atoms with Crippen molar-refractivity contribution in [1.29, 1.82) is 0 Å². The number of nitrogens with zero attached hydrogens (tertiary/aromatic N) is 1. The molecule has 2 aromatic heterocycles. The molecule has 0 saturated heterocycles. The van der Waals surface area contributed by atoms with Crippen LogP contribution in [-0.2, 0) is 6.42 Å². The van der Waals surface area contributed by atoms with E-state index in [9.17, 15) is 0 Å². The van der Waals surface area contributed by atoms with Gasteiger partial charge in [0.05, 0.1) is 16.3 Å². The quantitative estimate of drug-likeness (QED) is 0.705. The fourth-order valence-electron chi connectivity index (χ4n) is 2.51. The molecule has 3 heterocycles. The van der Waals surface area contributed by atoms with Crippen LogP contribution in [0.5, 0.6) is 0 Å². The Morgan fingerprint density at radius 3 is 3.21 bits per heavy atom. The summed E-state index contributed by atoms with van der Waals surface area (Å²) in [5.74, 6) is 0. The first-order valence-corrected chi connectivity index (χ1v) is 8.66. The van der Waals surface area contributed by atoms with Gasteiger partial charge in [-0.2, -0.15) is 0 Å². The lowest BCUT2D eigenvalue weighted by Gasteiger charge is -2.22. The molecule has 1 unspecified atom stereocenters. The van der Waals surface area contributed by atoms with Crippen LogP contribution in [0.25, 0.3) is 10.2 Å². The Morgan fingerprint density at radius 1 is 1.32 bits per heavy atom. The lowest BCUT2D eigenvalue weighted by atomic mass is 10.0. The summed E-state index contributed by atoms with van der Waals surface area (Å²) in [4.78, 5) is 6.30. The van der Waals surface area contributed by atoms with Crippen LogP contribution in [-0.4, -0.2) is 11.5 Å². The molecule has 1 aliphatic heterocycles. The van der Waals surface area contributed by atoms with Gasteiger partial charge in [0.25, 0.3) is 0 Å². The topological polar surface area (TPSA) is 24.9 Å². The number of hydrogen-bond donors (Lipinski definition) is 1. The van der Waals surface area contributed by atoms with E-state index in [0.29, 0.717) is 0 Å². The van der Waals surface area contributed by atoms with E-state index in [1.54, 1.807) is 11.3 Å². The van der Waals surface area contributed by atoms with Crippen LogP contribution < -0.4 is 5.32 Å². The summed E-state index contributed by atoms with van der Waals surface area (Å²) in [6.45, 7) is 1.04. The Bertz CT molecular complexity index is 747. The van der Waals surface area contributed by atoms with Gasteiger partial charge in [0.15, 0.2) is 0 Å². The molecule has 5 heteroatoms. The number of rotatable bonds is 1. The minimum absolute atomic E-state index is 0.270. The van der Waals surface area contributed by atoms with Gasteiger partial charge in [-0.1, -0.05) is 15.9 Å². The van der Waals surface area contributed by atoms with Crippen LogP contribution in [0, 0.1) is 0 Å². The Labute approximate surface area is 127 Å². The molecule has 0 saturated carbocycles. The molecule has 1 atom stereocenters. The van der Waals surface area contributed by atoms with Gasteiger partial charge in [0.2, 0.25) is 0 Å². The highest BCUT2D eigenvalue weighted by Gasteiger charge is 2.24. The molecule has 0 spiro atoms. The third kappa shape index (κ3) is 2.05. The van der Waals surface area contributed by atoms with E-state index in [-0.39, 0.29) is 6.04 Å². The maximum absolute atomic E-state index is 4.80. The van der Waals surface area contributed by atoms with Crippen molar-refractivity contribution in [3.63, 3.8) is 0 Å². The molecule has 19 heavy (non-hydrogen) atoms. The molecular formula is C14H11BrN2S2. The number of benzene rings is 1. The summed E-state index contributed by atoms with van der Waals surface area (Å²) in [5.41, 5.74) is 2.50. The van der Waals surface area contributed by atoms with E-state index in [1.165, 1.54) is 20.1 Å². The molecule has 1 N–H and O–H groups in total. The van der Waals surface area contributed by atoms with Gasteiger partial charge in [-0.05, 0) is 41.6 Å². The molecule has 96 valence electrons. The number of aromatic nitrogens is 1. The zero-order chi connectivity index (χ0) is 12.8. The maximum atomic E-state index is 4.80. The average Bonchev–Trinajstić information content (AvgIpc) is 3.03. The summed E-state index contributed by atoms with van der Waals surface area (Å²) in [6.07, 6.45) is 1.14. The van der Waals surface area contributed by atoms with E-state index in [1.807, 2.05) is 11.3 Å². The smallest absolute Gasteiger partial charge is 0.115 e. The molecule has 1 aliphatic rings. The number of fused-ring (bicyclic) bond motifs is 2. The largest absolute Gasteiger partial charge is 0.304 e. The van der Waals surface area contributed by atoms with Crippen LogP contribution in [0.2, 0.25) is 0 Å². The molecule has 0 aliphatic carbocycles. The highest BCUT2D eigenvalue weighted by atomic mass is 79.9. The normalized spacial score (nSPS) is 18.7. The van der Waals surface area contributed by atoms with Crippen molar-refractivity contribution in [2.24, 2.45) is 0 Å². The van der Waals surface area contributed by atoms with Gasteiger partial charge in [0.1, 0.15) is 5.01 Å². The number of thiophene rings is 1. The van der Waals surface area contributed by atoms with Crippen molar-refractivity contribution in [2.45, 2.75) is 12.5 Å². The molecule has 4 rings (SSSR count). The second kappa shape index (κ2) is 4.66. The number of halogens is 1. The second-order valence-electron chi connectivity index (χ2n) is 4.60. The summed E-state index contributed by atoms with van der Waals surface area (Å²) in [7, 11) is 0. The number of hydrogen-bond acceptors (Lipinski definition) is 4. The number of nitrogens with one attached hydrogen (secondary N) is 1. The van der Waals surface area contributed by atoms with Gasteiger partial charge in [0, 0.05) is 15.9 Å². The Morgan fingerprint density at radius 2 is 2.26 bits per heavy atom. The van der Waals surface area contributed by atoms with Crippen molar-refractivity contribution in [1.82, 2.24) is 10.3 Å². The fraction of sp³-hybridized carbons (Fsp3) is 0.214. The first-order valence-electron chi connectivity index (χ1n) is 6.17. The second-order valence-corrected chi connectivity index (χ2v) is 7.58. The summed E-state index contributed by atoms with van der Waals surface area (Å²) in [6, 6.07) is 8.78. The summed E-state index contributed by atoms with van der Waals surface area (Å²) in [5, 5.41) is 6.96. The predicted octanol–water partition coefficient (Wildman–Crippen LogP) is 4.36.